The lowest BCUT2D eigenvalue weighted by atomic mass is 9.75. The van der Waals surface area contributed by atoms with E-state index in [0.717, 1.165) is 63.9 Å². The quantitative estimate of drug-likeness (QED) is 0.782. The Hall–Kier alpha value is -2.14. The van der Waals surface area contributed by atoms with Gasteiger partial charge in [0, 0.05) is 43.8 Å². The van der Waals surface area contributed by atoms with Gasteiger partial charge in [-0.2, -0.15) is 0 Å². The van der Waals surface area contributed by atoms with Gasteiger partial charge >= 0.3 is 0 Å². The van der Waals surface area contributed by atoms with Gasteiger partial charge in [-0.15, -0.1) is 0 Å². The predicted molar refractivity (Wildman–Crippen MR) is 121 cm³/mol. The van der Waals surface area contributed by atoms with Crippen molar-refractivity contribution in [3.05, 3.63) is 47.7 Å². The smallest absolute Gasteiger partial charge is 0.232 e. The number of nitrogens with zero attached hydrogens (tertiary/aromatic N) is 2. The van der Waals surface area contributed by atoms with Crippen molar-refractivity contribution in [1.82, 2.24) is 15.1 Å². The zero-order valence-corrected chi connectivity index (χ0v) is 18.5. The number of hydrogen-bond donors (Lipinski definition) is 1. The lowest BCUT2D eigenvalue weighted by Crippen LogP contribution is -2.55. The molecule has 0 spiro atoms. The van der Waals surface area contributed by atoms with Crippen molar-refractivity contribution in [1.29, 1.82) is 0 Å². The summed E-state index contributed by atoms with van der Waals surface area (Å²) in [6, 6.07) is 11.2. The molecule has 1 aromatic rings. The lowest BCUT2D eigenvalue weighted by molar-refractivity contribution is -0.141. The molecular formula is C26H35N3O2. The molecule has 166 valence electrons. The second-order valence-electron chi connectivity index (χ2n) is 9.92. The van der Waals surface area contributed by atoms with Gasteiger partial charge in [-0.1, -0.05) is 49.2 Å². The zero-order valence-electron chi connectivity index (χ0n) is 18.5. The molecule has 0 bridgehead atoms. The van der Waals surface area contributed by atoms with Gasteiger partial charge in [0.25, 0.3) is 0 Å². The molecule has 2 aliphatic heterocycles. The Morgan fingerprint density at radius 2 is 1.77 bits per heavy atom. The summed E-state index contributed by atoms with van der Waals surface area (Å²) in [5.74, 6) is 0.408. The standard InChI is InChI=1S/C26H35N3O2/c30-24-12-16-26(15-6-11-23(26)29(24)22-9-4-5-10-22)25(31)27-21-13-17-28(18-14-21)19-20-7-2-1-3-8-20/h1-3,7-8,11,21-22H,4-6,9-10,12-19H2,(H,27,31). The molecule has 2 heterocycles. The molecule has 2 aliphatic carbocycles. The van der Waals surface area contributed by atoms with Crippen molar-refractivity contribution in [2.75, 3.05) is 13.1 Å². The van der Waals surface area contributed by atoms with Gasteiger partial charge in [0.2, 0.25) is 11.8 Å². The summed E-state index contributed by atoms with van der Waals surface area (Å²) < 4.78 is 0. The van der Waals surface area contributed by atoms with Gasteiger partial charge in [0.15, 0.2) is 0 Å². The zero-order chi connectivity index (χ0) is 21.3. The molecule has 5 rings (SSSR count). The van der Waals surface area contributed by atoms with Crippen molar-refractivity contribution >= 4 is 11.8 Å². The molecule has 3 fully saturated rings. The van der Waals surface area contributed by atoms with E-state index in [2.05, 4.69) is 46.6 Å². The number of nitrogens with one attached hydrogen (secondary N) is 1. The average Bonchev–Trinajstić information content (AvgIpc) is 3.47. The van der Waals surface area contributed by atoms with Crippen molar-refractivity contribution in [3.8, 4) is 0 Å². The van der Waals surface area contributed by atoms with Crippen LogP contribution in [0.3, 0.4) is 0 Å². The normalized spacial score (nSPS) is 27.9. The third-order valence-electron chi connectivity index (χ3n) is 7.99. The number of carbonyl (C=O) groups excluding carboxylic acids is 2. The van der Waals surface area contributed by atoms with Crippen molar-refractivity contribution < 1.29 is 9.59 Å². The summed E-state index contributed by atoms with van der Waals surface area (Å²) in [7, 11) is 0. The number of rotatable bonds is 5. The summed E-state index contributed by atoms with van der Waals surface area (Å²) in [5, 5.41) is 3.42. The van der Waals surface area contributed by atoms with Gasteiger partial charge in [-0.3, -0.25) is 14.5 Å². The molecule has 31 heavy (non-hydrogen) atoms. The number of piperidine rings is 2. The minimum atomic E-state index is -0.475. The summed E-state index contributed by atoms with van der Waals surface area (Å²) in [4.78, 5) is 31.0. The third-order valence-corrected chi connectivity index (χ3v) is 7.99. The van der Waals surface area contributed by atoms with Crippen LogP contribution in [0.1, 0.15) is 69.8 Å². The summed E-state index contributed by atoms with van der Waals surface area (Å²) in [6.45, 7) is 3.02. The first-order valence-corrected chi connectivity index (χ1v) is 12.3. The van der Waals surface area contributed by atoms with E-state index in [1.807, 2.05) is 4.90 Å². The number of allylic oxidation sites excluding steroid dienone is 1. The Morgan fingerprint density at radius 1 is 1.03 bits per heavy atom. The van der Waals surface area contributed by atoms with Gasteiger partial charge in [0.05, 0.1) is 5.41 Å². The SMILES string of the molecule is O=C1CCC2(C(=O)NC3CCN(Cc4ccccc4)CC3)CCC=C2N1C1CCCC1. The molecule has 2 amide bonds. The largest absolute Gasteiger partial charge is 0.352 e. The van der Waals surface area contributed by atoms with E-state index < -0.39 is 5.41 Å². The molecule has 1 N–H and O–H groups in total. The van der Waals surface area contributed by atoms with Crippen molar-refractivity contribution in [3.63, 3.8) is 0 Å². The van der Waals surface area contributed by atoms with Crippen LogP contribution < -0.4 is 5.32 Å². The van der Waals surface area contributed by atoms with Crippen molar-refractivity contribution in [2.45, 2.75) is 82.8 Å². The first-order chi connectivity index (χ1) is 15.2. The van der Waals surface area contributed by atoms with Crippen LogP contribution in [0.25, 0.3) is 0 Å². The second-order valence-corrected chi connectivity index (χ2v) is 9.92. The maximum atomic E-state index is 13.6. The maximum Gasteiger partial charge on any atom is 0.232 e. The minimum absolute atomic E-state index is 0.174. The number of benzene rings is 1. The highest BCUT2D eigenvalue weighted by Crippen LogP contribution is 2.50. The predicted octanol–water partition coefficient (Wildman–Crippen LogP) is 4.00. The Kier molecular flexibility index (Phi) is 5.87. The van der Waals surface area contributed by atoms with Crippen LogP contribution in [-0.2, 0) is 16.1 Å². The van der Waals surface area contributed by atoms with Crippen LogP contribution in [0.15, 0.2) is 42.1 Å². The molecule has 1 saturated carbocycles. The Morgan fingerprint density at radius 3 is 2.52 bits per heavy atom. The van der Waals surface area contributed by atoms with E-state index in [4.69, 9.17) is 0 Å². The lowest BCUT2D eigenvalue weighted by Gasteiger charge is -2.45. The molecule has 2 saturated heterocycles. The van der Waals surface area contributed by atoms with Gasteiger partial charge < -0.3 is 10.2 Å². The van der Waals surface area contributed by atoms with E-state index in [1.165, 1.54) is 18.4 Å². The number of fused-ring (bicyclic) bond motifs is 1. The highest BCUT2D eigenvalue weighted by atomic mass is 16.2. The molecular weight excluding hydrogens is 386 g/mol. The fraction of sp³-hybridized carbons (Fsp3) is 0.615. The van der Waals surface area contributed by atoms with E-state index in [0.29, 0.717) is 18.9 Å². The number of amides is 2. The summed E-state index contributed by atoms with van der Waals surface area (Å²) in [6.07, 6.45) is 11.7. The van der Waals surface area contributed by atoms with Gasteiger partial charge in [0.1, 0.15) is 0 Å². The number of likely N-dealkylation sites (tertiary alicyclic amines) is 2. The Labute approximate surface area is 185 Å². The highest BCUT2D eigenvalue weighted by molar-refractivity contribution is 5.92. The van der Waals surface area contributed by atoms with Crippen molar-refractivity contribution in [2.24, 2.45) is 5.41 Å². The van der Waals surface area contributed by atoms with Crippen LogP contribution in [0.5, 0.6) is 0 Å². The molecule has 0 aromatic heterocycles. The molecule has 4 aliphatic rings. The van der Waals surface area contributed by atoms with Crippen LogP contribution in [0, 0.1) is 5.41 Å². The monoisotopic (exact) mass is 421 g/mol. The maximum absolute atomic E-state index is 13.6. The average molecular weight is 422 g/mol. The number of carbonyl (C=O) groups is 2. The third kappa shape index (κ3) is 4.05. The summed E-state index contributed by atoms with van der Waals surface area (Å²) >= 11 is 0. The van der Waals surface area contributed by atoms with E-state index in [9.17, 15) is 9.59 Å². The second kappa shape index (κ2) is 8.78. The molecule has 1 unspecified atom stereocenters. The first kappa shape index (κ1) is 20.7. The molecule has 1 aromatic carbocycles. The highest BCUT2D eigenvalue weighted by Gasteiger charge is 2.52. The first-order valence-electron chi connectivity index (χ1n) is 12.3. The van der Waals surface area contributed by atoms with Gasteiger partial charge in [-0.05, 0) is 50.5 Å². The fourth-order valence-electron chi connectivity index (χ4n) is 6.24. The molecule has 5 heteroatoms. The Balaban J connectivity index is 1.21. The molecule has 5 nitrogen and oxygen atoms in total. The topological polar surface area (TPSA) is 52.7 Å². The van der Waals surface area contributed by atoms with E-state index >= 15 is 0 Å². The van der Waals surface area contributed by atoms with Crippen LogP contribution in [0.4, 0.5) is 0 Å². The molecule has 0 radical (unpaired) electrons. The minimum Gasteiger partial charge on any atom is -0.352 e. The van der Waals surface area contributed by atoms with Crippen LogP contribution in [0.2, 0.25) is 0 Å². The van der Waals surface area contributed by atoms with Crippen LogP contribution >= 0.6 is 0 Å². The fourth-order valence-corrected chi connectivity index (χ4v) is 6.24. The molecule has 1 atom stereocenters. The van der Waals surface area contributed by atoms with Gasteiger partial charge in [-0.25, -0.2) is 0 Å². The summed E-state index contributed by atoms with van der Waals surface area (Å²) in [5.41, 5.74) is 1.91. The Bertz CT molecular complexity index is 837. The van der Waals surface area contributed by atoms with E-state index in [1.54, 1.807) is 0 Å². The van der Waals surface area contributed by atoms with Crippen LogP contribution in [-0.4, -0.2) is 46.8 Å². The number of hydrogen-bond acceptors (Lipinski definition) is 3. The van der Waals surface area contributed by atoms with E-state index in [-0.39, 0.29) is 17.9 Å².